The molecular weight excluding hydrogens is 254 g/mol. The van der Waals surface area contributed by atoms with Gasteiger partial charge in [0, 0.05) is 12.0 Å². The van der Waals surface area contributed by atoms with Crippen molar-refractivity contribution in [3.05, 3.63) is 41.5 Å². The largest absolute Gasteiger partial charge is 0.496 e. The second-order valence-corrected chi connectivity index (χ2v) is 4.95. The number of nitrogens with two attached hydrogens (primary N) is 1. The lowest BCUT2D eigenvalue weighted by Gasteiger charge is -2.13. The Morgan fingerprint density at radius 3 is 2.80 bits per heavy atom. The second-order valence-electron chi connectivity index (χ2n) is 4.95. The predicted octanol–water partition coefficient (Wildman–Crippen LogP) is 2.71. The van der Waals surface area contributed by atoms with E-state index in [1.807, 2.05) is 24.3 Å². The van der Waals surface area contributed by atoms with E-state index in [1.165, 1.54) is 0 Å². The van der Waals surface area contributed by atoms with Crippen molar-refractivity contribution in [2.45, 2.75) is 32.7 Å². The molecule has 0 radical (unpaired) electrons. The summed E-state index contributed by atoms with van der Waals surface area (Å²) < 4.78 is 10.6. The van der Waals surface area contributed by atoms with Crippen molar-refractivity contribution in [3.63, 3.8) is 0 Å². The summed E-state index contributed by atoms with van der Waals surface area (Å²) in [6, 6.07) is 7.59. The molecule has 0 aliphatic heterocycles. The highest BCUT2D eigenvalue weighted by Gasteiger charge is 2.20. The number of aromatic nitrogens is 2. The van der Waals surface area contributed by atoms with Gasteiger partial charge in [-0.05, 0) is 12.0 Å². The molecule has 0 aliphatic rings. The zero-order valence-corrected chi connectivity index (χ0v) is 12.2. The molecule has 0 amide bonds. The molecule has 2 N–H and O–H groups in total. The maximum absolute atomic E-state index is 6.09. The highest BCUT2D eigenvalue weighted by atomic mass is 16.5. The number of ether oxygens (including phenoxy) is 1. The van der Waals surface area contributed by atoms with E-state index in [1.54, 1.807) is 7.11 Å². The number of rotatable bonds is 6. The van der Waals surface area contributed by atoms with E-state index in [4.69, 9.17) is 15.0 Å². The Bertz CT molecular complexity index is 554. The molecular formula is C15H21N3O2. The van der Waals surface area contributed by atoms with Gasteiger partial charge < -0.3 is 15.0 Å². The number of benzene rings is 1. The first-order valence-electron chi connectivity index (χ1n) is 6.85. The average molecular weight is 275 g/mol. The van der Waals surface area contributed by atoms with Crippen LogP contribution in [0.4, 0.5) is 0 Å². The van der Waals surface area contributed by atoms with Crippen LogP contribution in [0.2, 0.25) is 0 Å². The second kappa shape index (κ2) is 6.52. The van der Waals surface area contributed by atoms with Gasteiger partial charge in [0.15, 0.2) is 5.82 Å². The fourth-order valence-corrected chi connectivity index (χ4v) is 1.99. The number of nitrogens with zero attached hydrogens (tertiary/aromatic N) is 2. The first-order valence-corrected chi connectivity index (χ1v) is 6.85. The molecule has 0 spiro atoms. The highest BCUT2D eigenvalue weighted by molar-refractivity contribution is 5.35. The topological polar surface area (TPSA) is 74.2 Å². The number of hydrogen-bond donors (Lipinski definition) is 1. The number of hydrogen-bond acceptors (Lipinski definition) is 5. The Morgan fingerprint density at radius 2 is 2.10 bits per heavy atom. The third kappa shape index (κ3) is 3.17. The lowest BCUT2D eigenvalue weighted by atomic mass is 10.0. The van der Waals surface area contributed by atoms with Crippen LogP contribution in [0.25, 0.3) is 0 Å². The SMILES string of the molecule is CCC(C)[C@H](N)c1nc(Cc2ccccc2OC)no1. The van der Waals surface area contributed by atoms with Gasteiger partial charge in [-0.1, -0.05) is 43.6 Å². The molecule has 5 nitrogen and oxygen atoms in total. The molecule has 0 saturated carbocycles. The van der Waals surface area contributed by atoms with Crippen LogP contribution >= 0.6 is 0 Å². The molecule has 108 valence electrons. The zero-order valence-electron chi connectivity index (χ0n) is 12.2. The predicted molar refractivity (Wildman–Crippen MR) is 76.5 cm³/mol. The van der Waals surface area contributed by atoms with E-state index >= 15 is 0 Å². The quantitative estimate of drug-likeness (QED) is 0.877. The van der Waals surface area contributed by atoms with E-state index in [-0.39, 0.29) is 6.04 Å². The highest BCUT2D eigenvalue weighted by Crippen LogP contribution is 2.23. The molecule has 2 aromatic rings. The molecule has 2 rings (SSSR count). The van der Waals surface area contributed by atoms with Crippen molar-refractivity contribution in [2.24, 2.45) is 11.7 Å². The number of methoxy groups -OCH3 is 1. The Kier molecular flexibility index (Phi) is 4.74. The first kappa shape index (κ1) is 14.5. The monoisotopic (exact) mass is 275 g/mol. The van der Waals surface area contributed by atoms with E-state index in [2.05, 4.69) is 24.0 Å². The van der Waals surface area contributed by atoms with Crippen LogP contribution in [-0.4, -0.2) is 17.3 Å². The Labute approximate surface area is 119 Å². The average Bonchev–Trinajstić information content (AvgIpc) is 2.94. The maximum Gasteiger partial charge on any atom is 0.243 e. The van der Waals surface area contributed by atoms with Crippen molar-refractivity contribution in [1.82, 2.24) is 10.1 Å². The zero-order chi connectivity index (χ0) is 14.5. The standard InChI is InChI=1S/C15H21N3O2/c1-4-10(2)14(16)15-17-13(18-20-15)9-11-7-5-6-8-12(11)19-3/h5-8,10,14H,4,9,16H2,1-3H3/t10?,14-/m0/s1. The Morgan fingerprint density at radius 1 is 1.35 bits per heavy atom. The molecule has 5 heteroatoms. The lowest BCUT2D eigenvalue weighted by Crippen LogP contribution is -2.18. The smallest absolute Gasteiger partial charge is 0.243 e. The molecule has 0 aliphatic carbocycles. The summed E-state index contributed by atoms with van der Waals surface area (Å²) in [6.45, 7) is 4.17. The number of para-hydroxylation sites is 1. The van der Waals surface area contributed by atoms with Crippen LogP contribution in [0.1, 0.15) is 43.6 Å². The van der Waals surface area contributed by atoms with Gasteiger partial charge in [-0.3, -0.25) is 0 Å². The fourth-order valence-electron chi connectivity index (χ4n) is 1.99. The van der Waals surface area contributed by atoms with Gasteiger partial charge in [-0.25, -0.2) is 0 Å². The van der Waals surface area contributed by atoms with Gasteiger partial charge in [-0.15, -0.1) is 0 Å². The van der Waals surface area contributed by atoms with Crippen LogP contribution in [-0.2, 0) is 6.42 Å². The van der Waals surface area contributed by atoms with Gasteiger partial charge >= 0.3 is 0 Å². The summed E-state index contributed by atoms with van der Waals surface area (Å²) >= 11 is 0. The molecule has 0 saturated heterocycles. The summed E-state index contributed by atoms with van der Waals surface area (Å²) in [7, 11) is 1.65. The van der Waals surface area contributed by atoms with E-state index in [0.29, 0.717) is 24.1 Å². The molecule has 0 bridgehead atoms. The summed E-state index contributed by atoms with van der Waals surface area (Å²) in [6.07, 6.45) is 1.55. The molecule has 1 aromatic heterocycles. The van der Waals surface area contributed by atoms with Crippen molar-refractivity contribution < 1.29 is 9.26 Å². The van der Waals surface area contributed by atoms with Crippen LogP contribution in [0.15, 0.2) is 28.8 Å². The molecule has 1 aromatic carbocycles. The lowest BCUT2D eigenvalue weighted by molar-refractivity contribution is 0.310. The van der Waals surface area contributed by atoms with E-state index < -0.39 is 0 Å². The summed E-state index contributed by atoms with van der Waals surface area (Å²) in [4.78, 5) is 4.39. The summed E-state index contributed by atoms with van der Waals surface area (Å²) in [5, 5.41) is 4.00. The van der Waals surface area contributed by atoms with Crippen LogP contribution in [0, 0.1) is 5.92 Å². The Hall–Kier alpha value is -1.88. The van der Waals surface area contributed by atoms with Crippen molar-refractivity contribution >= 4 is 0 Å². The van der Waals surface area contributed by atoms with Crippen LogP contribution in [0.3, 0.4) is 0 Å². The molecule has 2 atom stereocenters. The molecule has 20 heavy (non-hydrogen) atoms. The molecule has 1 heterocycles. The third-order valence-electron chi connectivity index (χ3n) is 3.57. The first-order chi connectivity index (χ1) is 9.65. The van der Waals surface area contributed by atoms with Gasteiger partial charge in [0.25, 0.3) is 0 Å². The van der Waals surface area contributed by atoms with Crippen molar-refractivity contribution in [1.29, 1.82) is 0 Å². The third-order valence-corrected chi connectivity index (χ3v) is 3.57. The van der Waals surface area contributed by atoms with Crippen LogP contribution < -0.4 is 10.5 Å². The van der Waals surface area contributed by atoms with Gasteiger partial charge in [-0.2, -0.15) is 4.98 Å². The summed E-state index contributed by atoms with van der Waals surface area (Å²) in [5.74, 6) is 2.27. The molecule has 0 fully saturated rings. The molecule has 1 unspecified atom stereocenters. The fraction of sp³-hybridized carbons (Fsp3) is 0.467. The van der Waals surface area contributed by atoms with E-state index in [0.717, 1.165) is 17.7 Å². The minimum Gasteiger partial charge on any atom is -0.496 e. The van der Waals surface area contributed by atoms with Gasteiger partial charge in [0.05, 0.1) is 13.2 Å². The van der Waals surface area contributed by atoms with Crippen LogP contribution in [0.5, 0.6) is 5.75 Å². The Balaban J connectivity index is 2.13. The minimum absolute atomic E-state index is 0.209. The van der Waals surface area contributed by atoms with Crippen molar-refractivity contribution in [2.75, 3.05) is 7.11 Å². The van der Waals surface area contributed by atoms with E-state index in [9.17, 15) is 0 Å². The van der Waals surface area contributed by atoms with Gasteiger partial charge in [0.2, 0.25) is 5.89 Å². The maximum atomic E-state index is 6.09. The minimum atomic E-state index is -0.209. The normalized spacial score (nSPS) is 14.0. The van der Waals surface area contributed by atoms with Crippen molar-refractivity contribution in [3.8, 4) is 5.75 Å². The summed E-state index contributed by atoms with van der Waals surface area (Å²) in [5.41, 5.74) is 7.12. The van der Waals surface area contributed by atoms with Gasteiger partial charge in [0.1, 0.15) is 5.75 Å².